The Kier molecular flexibility index (Phi) is 1.54. The highest BCUT2D eigenvalue weighted by molar-refractivity contribution is 4.65. The van der Waals surface area contributed by atoms with Crippen LogP contribution in [0.1, 0.15) is 20.8 Å². The van der Waals surface area contributed by atoms with E-state index in [4.69, 9.17) is 4.84 Å². The second-order valence-electron chi connectivity index (χ2n) is 2.66. The van der Waals surface area contributed by atoms with Gasteiger partial charge in [-0.2, -0.15) is 5.06 Å². The lowest BCUT2D eigenvalue weighted by atomic mass is 10.1. The first-order chi connectivity index (χ1) is 3.72. The van der Waals surface area contributed by atoms with E-state index in [0.717, 1.165) is 6.73 Å². The average Bonchev–Trinajstić information content (AvgIpc) is 2.43. The smallest absolute Gasteiger partial charge is 0.144 e. The van der Waals surface area contributed by atoms with E-state index in [0.29, 0.717) is 12.0 Å². The zero-order valence-electron chi connectivity index (χ0n) is 5.72. The second-order valence-corrected chi connectivity index (χ2v) is 2.66. The van der Waals surface area contributed by atoms with E-state index in [1.54, 1.807) is 0 Å². The Morgan fingerprint density at radius 1 is 1.38 bits per heavy atom. The summed E-state index contributed by atoms with van der Waals surface area (Å²) >= 11 is 0. The molecule has 1 saturated heterocycles. The summed E-state index contributed by atoms with van der Waals surface area (Å²) in [5, 5.41) is 1.99. The van der Waals surface area contributed by atoms with E-state index in [1.807, 2.05) is 5.06 Å². The predicted octanol–water partition coefficient (Wildman–Crippen LogP) is 1.24. The van der Waals surface area contributed by atoms with Crippen molar-refractivity contribution < 1.29 is 4.84 Å². The molecule has 8 heavy (non-hydrogen) atoms. The lowest BCUT2D eigenvalue weighted by molar-refractivity contribution is 0.128. The molecule has 1 rings (SSSR count). The van der Waals surface area contributed by atoms with Crippen LogP contribution in [0.25, 0.3) is 0 Å². The largest absolute Gasteiger partial charge is 0.278 e. The maximum atomic E-state index is 4.96. The fourth-order valence-electron chi connectivity index (χ4n) is 0.601. The number of nitrogens with zero attached hydrogens (tertiary/aromatic N) is 1. The molecule has 0 aliphatic carbocycles. The highest BCUT2D eigenvalue weighted by Crippen LogP contribution is 2.18. The lowest BCUT2D eigenvalue weighted by Crippen LogP contribution is -2.19. The van der Waals surface area contributed by atoms with Crippen molar-refractivity contribution in [2.24, 2.45) is 5.92 Å². The maximum Gasteiger partial charge on any atom is 0.144 e. The van der Waals surface area contributed by atoms with Gasteiger partial charge in [-0.25, -0.2) is 0 Å². The molecule has 1 aliphatic heterocycles. The fraction of sp³-hybridized carbons (Fsp3) is 1.00. The molecule has 0 aromatic rings. The molecule has 0 aromatic carbocycles. The van der Waals surface area contributed by atoms with Gasteiger partial charge in [0.15, 0.2) is 0 Å². The number of hydrogen-bond donors (Lipinski definition) is 0. The van der Waals surface area contributed by atoms with Gasteiger partial charge < -0.3 is 0 Å². The summed E-state index contributed by atoms with van der Waals surface area (Å²) in [5.41, 5.74) is 0. The molecule has 0 N–H and O–H groups in total. The Hall–Kier alpha value is -0.0800. The van der Waals surface area contributed by atoms with Gasteiger partial charge in [-0.15, -0.1) is 0 Å². The highest BCUT2D eigenvalue weighted by atomic mass is 16.8. The Bertz CT molecular complexity index is 76.6. The molecule has 0 saturated carbocycles. The SMILES string of the molecule is CC(C)C(C)N1CO1. The van der Waals surface area contributed by atoms with E-state index in [2.05, 4.69) is 20.8 Å². The van der Waals surface area contributed by atoms with Gasteiger partial charge in [0.1, 0.15) is 6.73 Å². The van der Waals surface area contributed by atoms with E-state index < -0.39 is 0 Å². The minimum atomic E-state index is 0.593. The van der Waals surface area contributed by atoms with E-state index in [1.165, 1.54) is 0 Å². The van der Waals surface area contributed by atoms with Gasteiger partial charge >= 0.3 is 0 Å². The van der Waals surface area contributed by atoms with Crippen molar-refractivity contribution >= 4 is 0 Å². The minimum absolute atomic E-state index is 0.593. The van der Waals surface area contributed by atoms with Crippen molar-refractivity contribution in [3.8, 4) is 0 Å². The summed E-state index contributed by atoms with van der Waals surface area (Å²) in [6.45, 7) is 7.41. The molecule has 1 fully saturated rings. The Morgan fingerprint density at radius 2 is 1.88 bits per heavy atom. The van der Waals surface area contributed by atoms with Crippen molar-refractivity contribution in [3.05, 3.63) is 0 Å². The third kappa shape index (κ3) is 1.20. The van der Waals surface area contributed by atoms with Crippen LogP contribution in [0.2, 0.25) is 0 Å². The van der Waals surface area contributed by atoms with Crippen molar-refractivity contribution in [1.82, 2.24) is 5.06 Å². The summed E-state index contributed by atoms with van der Waals surface area (Å²) in [5.74, 6) is 0.706. The summed E-state index contributed by atoms with van der Waals surface area (Å²) < 4.78 is 0. The standard InChI is InChI=1S/C6H13NO/c1-5(2)6(3)7-4-8-7/h5-6H,4H2,1-3H3. The molecule has 1 aliphatic rings. The van der Waals surface area contributed by atoms with Crippen LogP contribution in [-0.2, 0) is 4.84 Å². The molecule has 0 radical (unpaired) electrons. The van der Waals surface area contributed by atoms with Crippen LogP contribution in [0.5, 0.6) is 0 Å². The summed E-state index contributed by atoms with van der Waals surface area (Å²) in [4.78, 5) is 4.96. The molecule has 0 bridgehead atoms. The quantitative estimate of drug-likeness (QED) is 0.503. The molecule has 0 aromatic heterocycles. The lowest BCUT2D eigenvalue weighted by Gasteiger charge is -2.12. The van der Waals surface area contributed by atoms with Gasteiger partial charge in [0, 0.05) is 6.04 Å². The van der Waals surface area contributed by atoms with Crippen LogP contribution in [0.3, 0.4) is 0 Å². The van der Waals surface area contributed by atoms with E-state index in [-0.39, 0.29) is 0 Å². The van der Waals surface area contributed by atoms with E-state index >= 15 is 0 Å². The third-order valence-electron chi connectivity index (χ3n) is 1.70. The zero-order valence-corrected chi connectivity index (χ0v) is 5.72. The number of rotatable bonds is 2. The first-order valence-corrected chi connectivity index (χ1v) is 3.11. The Labute approximate surface area is 50.4 Å². The molecule has 2 nitrogen and oxygen atoms in total. The fourth-order valence-corrected chi connectivity index (χ4v) is 0.601. The number of hydroxylamine groups is 2. The molecular formula is C6H13NO. The van der Waals surface area contributed by atoms with Crippen LogP contribution in [0.4, 0.5) is 0 Å². The molecule has 2 heteroatoms. The van der Waals surface area contributed by atoms with Crippen LogP contribution >= 0.6 is 0 Å². The molecule has 48 valence electrons. The van der Waals surface area contributed by atoms with Crippen LogP contribution < -0.4 is 0 Å². The summed E-state index contributed by atoms with van der Waals surface area (Å²) in [6, 6.07) is 0.593. The normalized spacial score (nSPS) is 30.8. The van der Waals surface area contributed by atoms with Gasteiger partial charge in [0.2, 0.25) is 0 Å². The Balaban J connectivity index is 2.22. The second kappa shape index (κ2) is 2.03. The van der Waals surface area contributed by atoms with Crippen LogP contribution in [0, 0.1) is 5.92 Å². The van der Waals surface area contributed by atoms with Crippen molar-refractivity contribution in [2.45, 2.75) is 26.8 Å². The minimum Gasteiger partial charge on any atom is -0.278 e. The van der Waals surface area contributed by atoms with Gasteiger partial charge in [0.05, 0.1) is 0 Å². The zero-order chi connectivity index (χ0) is 6.15. The average molecular weight is 115 g/mol. The Morgan fingerprint density at radius 3 is 2.00 bits per heavy atom. The molecule has 2 atom stereocenters. The van der Waals surface area contributed by atoms with E-state index in [9.17, 15) is 0 Å². The van der Waals surface area contributed by atoms with Gasteiger partial charge in [0.25, 0.3) is 0 Å². The monoisotopic (exact) mass is 115 g/mol. The molecular weight excluding hydrogens is 102 g/mol. The van der Waals surface area contributed by atoms with Crippen molar-refractivity contribution in [2.75, 3.05) is 6.73 Å². The van der Waals surface area contributed by atoms with Crippen LogP contribution in [0.15, 0.2) is 0 Å². The van der Waals surface area contributed by atoms with Gasteiger partial charge in [-0.05, 0) is 12.8 Å². The van der Waals surface area contributed by atoms with Crippen molar-refractivity contribution in [1.29, 1.82) is 0 Å². The summed E-state index contributed by atoms with van der Waals surface area (Å²) in [7, 11) is 0. The van der Waals surface area contributed by atoms with Gasteiger partial charge in [-0.1, -0.05) is 13.8 Å². The predicted molar refractivity (Wildman–Crippen MR) is 32.1 cm³/mol. The first kappa shape index (κ1) is 6.05. The maximum absolute atomic E-state index is 4.96. The topological polar surface area (TPSA) is 15.5 Å². The van der Waals surface area contributed by atoms with Crippen LogP contribution in [-0.4, -0.2) is 17.8 Å². The van der Waals surface area contributed by atoms with Crippen molar-refractivity contribution in [3.63, 3.8) is 0 Å². The molecule has 1 heterocycles. The highest BCUT2D eigenvalue weighted by Gasteiger charge is 2.27. The first-order valence-electron chi connectivity index (χ1n) is 3.11. The molecule has 2 unspecified atom stereocenters. The van der Waals surface area contributed by atoms with Gasteiger partial charge in [-0.3, -0.25) is 4.84 Å². The molecule has 0 amide bonds. The molecule has 0 spiro atoms. The summed E-state index contributed by atoms with van der Waals surface area (Å²) in [6.07, 6.45) is 0. The third-order valence-corrected chi connectivity index (χ3v) is 1.70. The number of hydrogen-bond acceptors (Lipinski definition) is 2.